The maximum atomic E-state index is 11.5. The Morgan fingerprint density at radius 3 is 2.43 bits per heavy atom. The first-order chi connectivity index (χ1) is 6.64. The number of carbonyl (C=O) groups excluding carboxylic acids is 1. The van der Waals surface area contributed by atoms with Crippen LogP contribution in [-0.4, -0.2) is 47.9 Å². The van der Waals surface area contributed by atoms with Crippen molar-refractivity contribution >= 4 is 5.91 Å². The molecule has 1 spiro atoms. The van der Waals surface area contributed by atoms with Crippen LogP contribution in [0.5, 0.6) is 0 Å². The second kappa shape index (κ2) is 3.54. The van der Waals surface area contributed by atoms with E-state index in [1.165, 1.54) is 32.2 Å². The minimum atomic E-state index is 0.193. The third-order valence-corrected chi connectivity index (χ3v) is 3.72. The Bertz CT molecular complexity index is 241. The number of rotatable bonds is 0. The largest absolute Gasteiger partial charge is 0.336 e. The summed E-state index contributed by atoms with van der Waals surface area (Å²) in [5.74, 6) is 0.262. The van der Waals surface area contributed by atoms with Gasteiger partial charge in [0.1, 0.15) is 0 Å². The molecule has 2 fully saturated rings. The fourth-order valence-electron chi connectivity index (χ4n) is 3.19. The summed E-state index contributed by atoms with van der Waals surface area (Å²) in [6, 6.07) is 0. The van der Waals surface area contributed by atoms with Gasteiger partial charge < -0.3 is 9.80 Å². The number of nitrogens with zero attached hydrogens (tertiary/aromatic N) is 2. The van der Waals surface area contributed by atoms with E-state index in [-0.39, 0.29) is 11.4 Å². The highest BCUT2D eigenvalue weighted by Gasteiger charge is 2.44. The van der Waals surface area contributed by atoms with Crippen molar-refractivity contribution in [3.63, 3.8) is 0 Å². The van der Waals surface area contributed by atoms with Crippen molar-refractivity contribution < 1.29 is 4.79 Å². The van der Waals surface area contributed by atoms with Crippen LogP contribution >= 0.6 is 0 Å². The molecule has 0 aliphatic carbocycles. The highest BCUT2D eigenvalue weighted by atomic mass is 16.2. The molecule has 0 saturated carbocycles. The Morgan fingerprint density at radius 1 is 1.21 bits per heavy atom. The van der Waals surface area contributed by atoms with Crippen molar-refractivity contribution in [1.82, 2.24) is 9.80 Å². The molecular formula is C11H20N2O. The third-order valence-electron chi connectivity index (χ3n) is 3.72. The molecule has 2 saturated heterocycles. The predicted octanol–water partition coefficient (Wildman–Crippen LogP) is 1.09. The molecular weight excluding hydrogens is 176 g/mol. The van der Waals surface area contributed by atoms with E-state index >= 15 is 0 Å². The van der Waals surface area contributed by atoms with Crippen molar-refractivity contribution in [3.05, 3.63) is 0 Å². The molecule has 0 N–H and O–H groups in total. The zero-order valence-electron chi connectivity index (χ0n) is 9.25. The van der Waals surface area contributed by atoms with Crippen LogP contribution in [0, 0.1) is 0 Å². The van der Waals surface area contributed by atoms with Gasteiger partial charge in [-0.15, -0.1) is 0 Å². The average molecular weight is 196 g/mol. The Balaban J connectivity index is 2.16. The van der Waals surface area contributed by atoms with E-state index < -0.39 is 0 Å². The van der Waals surface area contributed by atoms with E-state index in [2.05, 4.69) is 16.8 Å². The molecule has 2 heterocycles. The van der Waals surface area contributed by atoms with Crippen LogP contribution in [0.4, 0.5) is 0 Å². The first-order valence-corrected chi connectivity index (χ1v) is 5.61. The van der Waals surface area contributed by atoms with Gasteiger partial charge in [-0.1, -0.05) is 0 Å². The summed E-state index contributed by atoms with van der Waals surface area (Å²) in [4.78, 5) is 16.0. The lowest BCUT2D eigenvalue weighted by molar-refractivity contribution is -0.134. The summed E-state index contributed by atoms with van der Waals surface area (Å²) in [5, 5.41) is 0. The number of hydrogen-bond acceptors (Lipinski definition) is 2. The number of likely N-dealkylation sites (tertiary alicyclic amines) is 2. The molecule has 2 rings (SSSR count). The van der Waals surface area contributed by atoms with Crippen molar-refractivity contribution in [2.75, 3.05) is 26.7 Å². The van der Waals surface area contributed by atoms with Crippen molar-refractivity contribution in [2.24, 2.45) is 0 Å². The van der Waals surface area contributed by atoms with Gasteiger partial charge >= 0.3 is 0 Å². The lowest BCUT2D eigenvalue weighted by Crippen LogP contribution is -2.55. The molecule has 1 atom stereocenters. The minimum Gasteiger partial charge on any atom is -0.336 e. The van der Waals surface area contributed by atoms with Crippen LogP contribution in [-0.2, 0) is 4.79 Å². The first-order valence-electron chi connectivity index (χ1n) is 5.61. The van der Waals surface area contributed by atoms with Crippen molar-refractivity contribution in [3.8, 4) is 0 Å². The fraction of sp³-hybridized carbons (Fsp3) is 0.909. The molecule has 1 unspecified atom stereocenters. The van der Waals surface area contributed by atoms with Gasteiger partial charge in [-0.2, -0.15) is 0 Å². The monoisotopic (exact) mass is 196 g/mol. The summed E-state index contributed by atoms with van der Waals surface area (Å²) in [6.07, 6.45) is 4.83. The van der Waals surface area contributed by atoms with Gasteiger partial charge in [0.25, 0.3) is 0 Å². The van der Waals surface area contributed by atoms with E-state index in [4.69, 9.17) is 0 Å². The SMILES string of the molecule is CC(=O)N1CCCC12CCCN(C)C2. The predicted molar refractivity (Wildman–Crippen MR) is 56.1 cm³/mol. The van der Waals surface area contributed by atoms with Crippen molar-refractivity contribution in [1.29, 1.82) is 0 Å². The molecule has 14 heavy (non-hydrogen) atoms. The summed E-state index contributed by atoms with van der Waals surface area (Å²) in [7, 11) is 2.16. The van der Waals surface area contributed by atoms with Crippen LogP contribution in [0.1, 0.15) is 32.6 Å². The van der Waals surface area contributed by atoms with Gasteiger partial charge in [0.05, 0.1) is 5.54 Å². The summed E-state index contributed by atoms with van der Waals surface area (Å²) in [5.41, 5.74) is 0.193. The van der Waals surface area contributed by atoms with Crippen LogP contribution in [0.3, 0.4) is 0 Å². The van der Waals surface area contributed by atoms with Crippen molar-refractivity contribution in [2.45, 2.75) is 38.1 Å². The maximum absolute atomic E-state index is 11.5. The quantitative estimate of drug-likeness (QED) is 0.579. The number of carbonyl (C=O) groups is 1. The Hall–Kier alpha value is -0.570. The molecule has 80 valence electrons. The maximum Gasteiger partial charge on any atom is 0.219 e. The standard InChI is InChI=1S/C11H20N2O/c1-10(14)13-8-4-6-11(13)5-3-7-12(2)9-11/h3-9H2,1-2H3. The summed E-state index contributed by atoms with van der Waals surface area (Å²) < 4.78 is 0. The van der Waals surface area contributed by atoms with E-state index in [1.807, 2.05) is 0 Å². The average Bonchev–Trinajstić information content (AvgIpc) is 2.48. The molecule has 0 aromatic rings. The molecule has 0 aromatic heterocycles. The fourth-order valence-corrected chi connectivity index (χ4v) is 3.19. The first kappa shape index (κ1) is 9.97. The normalized spacial score (nSPS) is 34.0. The highest BCUT2D eigenvalue weighted by molar-refractivity contribution is 5.74. The summed E-state index contributed by atoms with van der Waals surface area (Å²) >= 11 is 0. The van der Waals surface area contributed by atoms with E-state index in [0.29, 0.717) is 0 Å². The smallest absolute Gasteiger partial charge is 0.219 e. The molecule has 2 aliphatic rings. The zero-order valence-corrected chi connectivity index (χ0v) is 9.25. The molecule has 0 aromatic carbocycles. The molecule has 3 nitrogen and oxygen atoms in total. The number of piperidine rings is 1. The van der Waals surface area contributed by atoms with Gasteiger partial charge in [0.2, 0.25) is 5.91 Å². The van der Waals surface area contributed by atoms with Gasteiger partial charge in [0.15, 0.2) is 0 Å². The van der Waals surface area contributed by atoms with E-state index in [0.717, 1.165) is 13.1 Å². The zero-order chi connectivity index (χ0) is 10.2. The molecule has 2 aliphatic heterocycles. The summed E-state index contributed by atoms with van der Waals surface area (Å²) in [6.45, 7) is 4.95. The molecule has 1 amide bonds. The Morgan fingerprint density at radius 2 is 1.86 bits per heavy atom. The van der Waals surface area contributed by atoms with Crippen LogP contribution in [0.15, 0.2) is 0 Å². The lowest BCUT2D eigenvalue weighted by atomic mass is 9.86. The number of hydrogen-bond donors (Lipinski definition) is 0. The molecule has 0 bridgehead atoms. The molecule has 3 heteroatoms. The van der Waals surface area contributed by atoms with E-state index in [9.17, 15) is 4.79 Å². The second-order valence-corrected chi connectivity index (χ2v) is 4.84. The van der Waals surface area contributed by atoms with Gasteiger partial charge in [-0.3, -0.25) is 4.79 Å². The highest BCUT2D eigenvalue weighted by Crippen LogP contribution is 2.36. The number of amides is 1. The third kappa shape index (κ3) is 1.54. The van der Waals surface area contributed by atoms with Gasteiger partial charge in [0, 0.05) is 20.0 Å². The Labute approximate surface area is 86.1 Å². The van der Waals surface area contributed by atoms with Gasteiger partial charge in [-0.25, -0.2) is 0 Å². The van der Waals surface area contributed by atoms with Gasteiger partial charge in [-0.05, 0) is 39.3 Å². The Kier molecular flexibility index (Phi) is 2.52. The van der Waals surface area contributed by atoms with Crippen LogP contribution in [0.25, 0.3) is 0 Å². The van der Waals surface area contributed by atoms with E-state index in [1.54, 1.807) is 6.92 Å². The lowest BCUT2D eigenvalue weighted by Gasteiger charge is -2.44. The van der Waals surface area contributed by atoms with Crippen LogP contribution < -0.4 is 0 Å². The molecule has 0 radical (unpaired) electrons. The van der Waals surface area contributed by atoms with Crippen LogP contribution in [0.2, 0.25) is 0 Å². The topological polar surface area (TPSA) is 23.6 Å². The minimum absolute atomic E-state index is 0.193. The second-order valence-electron chi connectivity index (χ2n) is 4.84. The number of likely N-dealkylation sites (N-methyl/N-ethyl adjacent to an activating group) is 1.